The lowest BCUT2D eigenvalue weighted by Crippen LogP contribution is -2.55. The molecular weight excluding hydrogens is 801 g/mol. The van der Waals surface area contributed by atoms with E-state index in [0.717, 1.165) is 70.9 Å². The van der Waals surface area contributed by atoms with Gasteiger partial charge in [0.25, 0.3) is 17.7 Å². The highest BCUT2D eigenvalue weighted by molar-refractivity contribution is 6.76. The molecular formula is C48H58N6O7Si. The predicted octanol–water partition coefficient (Wildman–Crippen LogP) is 8.00. The summed E-state index contributed by atoms with van der Waals surface area (Å²) in [6.07, 6.45) is 5.89. The topological polar surface area (TPSA) is 143 Å². The zero-order valence-electron chi connectivity index (χ0n) is 37.0. The Labute approximate surface area is 365 Å². The van der Waals surface area contributed by atoms with Crippen molar-refractivity contribution in [2.45, 2.75) is 116 Å². The quantitative estimate of drug-likeness (QED) is 0.0649. The summed E-state index contributed by atoms with van der Waals surface area (Å²) < 4.78 is 13.2. The molecule has 2 saturated heterocycles. The van der Waals surface area contributed by atoms with E-state index < -0.39 is 25.8 Å². The maximum absolute atomic E-state index is 13.6. The second-order valence-corrected chi connectivity index (χ2v) is 24.4. The van der Waals surface area contributed by atoms with Crippen LogP contribution >= 0.6 is 0 Å². The first-order valence-electron chi connectivity index (χ1n) is 21.7. The van der Waals surface area contributed by atoms with Gasteiger partial charge < -0.3 is 19.7 Å². The fourth-order valence-electron chi connectivity index (χ4n) is 8.22. The average molecular weight is 859 g/mol. The average Bonchev–Trinajstić information content (AvgIpc) is 3.90. The summed E-state index contributed by atoms with van der Waals surface area (Å²) in [4.78, 5) is 75.9. The normalized spacial score (nSPS) is 18.3. The standard InChI is InChI=1S/C48H58N6O7Si/c1-48(2,3)61-47(59)54-40-28-42(49-29-36(40)27-41(54)38-14-11-23-51(38)4)50-44(56)34-18-15-32(16-19-34)12-9-8-10-13-33-17-20-35-30-52(45(57)37(35)26-33)39-21-22-43(55)53(46(39)58)31-60-24-25-62(5,6)7/h15-20,26-29,38-39H,8-9,11-12,14,21-25,30-31H2,1-7H3,(H,49,50,56)/t38-,39?/m1/s1. The van der Waals surface area contributed by atoms with Gasteiger partial charge in [0.15, 0.2) is 0 Å². The molecule has 5 heterocycles. The van der Waals surface area contributed by atoms with Gasteiger partial charge in [0.2, 0.25) is 5.91 Å². The summed E-state index contributed by atoms with van der Waals surface area (Å²) in [6, 6.07) is 17.0. The molecule has 4 aromatic rings. The zero-order chi connectivity index (χ0) is 44.3. The van der Waals surface area contributed by atoms with Crippen LogP contribution in [-0.2, 0) is 32.0 Å². The van der Waals surface area contributed by atoms with Crippen LogP contribution in [0.15, 0.2) is 60.8 Å². The summed E-state index contributed by atoms with van der Waals surface area (Å²) in [5.41, 5.74) is 4.46. The molecule has 2 aromatic carbocycles. The molecule has 2 aromatic heterocycles. The number of rotatable bonds is 12. The van der Waals surface area contributed by atoms with E-state index in [0.29, 0.717) is 48.5 Å². The van der Waals surface area contributed by atoms with Crippen molar-refractivity contribution in [3.63, 3.8) is 0 Å². The van der Waals surface area contributed by atoms with Crippen molar-refractivity contribution in [3.8, 4) is 11.8 Å². The Bertz CT molecular complexity index is 2440. The van der Waals surface area contributed by atoms with E-state index in [9.17, 15) is 24.0 Å². The molecule has 3 aliphatic heterocycles. The first kappa shape index (κ1) is 44.4. The molecule has 0 spiro atoms. The molecule has 2 fully saturated rings. The Morgan fingerprint density at radius 1 is 0.984 bits per heavy atom. The zero-order valence-corrected chi connectivity index (χ0v) is 38.0. The number of hydrogen-bond acceptors (Lipinski definition) is 9. The molecule has 62 heavy (non-hydrogen) atoms. The molecule has 0 saturated carbocycles. The van der Waals surface area contributed by atoms with Crippen molar-refractivity contribution in [3.05, 3.63) is 94.3 Å². The van der Waals surface area contributed by atoms with Crippen LogP contribution in [0.1, 0.15) is 108 Å². The summed E-state index contributed by atoms with van der Waals surface area (Å²) in [5.74, 6) is 5.57. The van der Waals surface area contributed by atoms with Crippen molar-refractivity contribution in [1.82, 2.24) is 24.3 Å². The smallest absolute Gasteiger partial charge is 0.419 e. The van der Waals surface area contributed by atoms with Crippen LogP contribution in [-0.4, -0.2) is 101 Å². The van der Waals surface area contributed by atoms with Gasteiger partial charge in [0, 0.05) is 74.1 Å². The van der Waals surface area contributed by atoms with Crippen molar-refractivity contribution in [1.29, 1.82) is 0 Å². The Morgan fingerprint density at radius 3 is 2.47 bits per heavy atom. The second kappa shape index (κ2) is 18.4. The highest BCUT2D eigenvalue weighted by Crippen LogP contribution is 2.35. The highest BCUT2D eigenvalue weighted by Gasteiger charge is 2.43. The molecule has 1 N–H and O–H groups in total. The number of carbonyl (C=O) groups excluding carboxylic acids is 5. The molecule has 2 atom stereocenters. The van der Waals surface area contributed by atoms with Gasteiger partial charge in [0.1, 0.15) is 24.2 Å². The van der Waals surface area contributed by atoms with E-state index in [1.165, 1.54) is 0 Å². The van der Waals surface area contributed by atoms with E-state index in [1.54, 1.807) is 39.9 Å². The molecule has 4 amide bonds. The number of carbonyl (C=O) groups is 5. The van der Waals surface area contributed by atoms with Gasteiger partial charge in [-0.25, -0.2) is 14.3 Å². The van der Waals surface area contributed by atoms with Crippen LogP contribution in [0.25, 0.3) is 10.9 Å². The maximum atomic E-state index is 13.6. The number of aryl methyl sites for hydroxylation is 1. The van der Waals surface area contributed by atoms with E-state index in [-0.39, 0.29) is 42.8 Å². The third-order valence-electron chi connectivity index (χ3n) is 11.6. The van der Waals surface area contributed by atoms with E-state index >= 15 is 0 Å². The van der Waals surface area contributed by atoms with Gasteiger partial charge in [-0.1, -0.05) is 49.7 Å². The lowest BCUT2D eigenvalue weighted by atomic mass is 10.0. The first-order valence-corrected chi connectivity index (χ1v) is 25.4. The van der Waals surface area contributed by atoms with Crippen LogP contribution in [0.2, 0.25) is 25.7 Å². The molecule has 0 radical (unpaired) electrons. The molecule has 0 bridgehead atoms. The van der Waals surface area contributed by atoms with Gasteiger partial charge in [-0.05, 0) is 114 Å². The number of benzene rings is 2. The maximum Gasteiger partial charge on any atom is 0.419 e. The molecule has 326 valence electrons. The van der Waals surface area contributed by atoms with Crippen molar-refractivity contribution in [2.24, 2.45) is 0 Å². The number of imide groups is 1. The Balaban J connectivity index is 0.916. The number of hydrogen-bond donors (Lipinski definition) is 1. The summed E-state index contributed by atoms with van der Waals surface area (Å²) in [5, 5.41) is 3.70. The monoisotopic (exact) mass is 858 g/mol. The van der Waals surface area contributed by atoms with Crippen molar-refractivity contribution >= 4 is 54.5 Å². The van der Waals surface area contributed by atoms with Gasteiger partial charge in [-0.15, -0.1) is 0 Å². The van der Waals surface area contributed by atoms with Crippen LogP contribution in [0, 0.1) is 11.8 Å². The van der Waals surface area contributed by atoms with Gasteiger partial charge >= 0.3 is 6.09 Å². The molecule has 0 aliphatic carbocycles. The summed E-state index contributed by atoms with van der Waals surface area (Å²) in [6.45, 7) is 13.9. The Hall–Kier alpha value is -5.62. The molecule has 1 unspecified atom stereocenters. The lowest BCUT2D eigenvalue weighted by Gasteiger charge is -2.35. The van der Waals surface area contributed by atoms with Crippen molar-refractivity contribution in [2.75, 3.05) is 32.2 Å². The minimum Gasteiger partial charge on any atom is -0.443 e. The third-order valence-corrected chi connectivity index (χ3v) is 13.3. The number of piperidine rings is 1. The number of amides is 4. The van der Waals surface area contributed by atoms with E-state index in [4.69, 9.17) is 9.47 Å². The predicted molar refractivity (Wildman–Crippen MR) is 240 cm³/mol. The minimum absolute atomic E-state index is 0.0716. The number of unbranched alkanes of at least 4 members (excludes halogenated alkanes) is 1. The number of ether oxygens (including phenoxy) is 2. The number of nitrogens with one attached hydrogen (secondary N) is 1. The molecule has 13 nitrogen and oxygen atoms in total. The largest absolute Gasteiger partial charge is 0.443 e. The number of fused-ring (bicyclic) bond motifs is 2. The number of anilines is 1. The van der Waals surface area contributed by atoms with Gasteiger partial charge in [-0.3, -0.25) is 29.0 Å². The van der Waals surface area contributed by atoms with Crippen LogP contribution in [0.4, 0.5) is 10.6 Å². The van der Waals surface area contributed by atoms with Crippen LogP contribution in [0.5, 0.6) is 0 Å². The highest BCUT2D eigenvalue weighted by atomic mass is 28.3. The molecule has 7 rings (SSSR count). The van der Waals surface area contributed by atoms with Crippen LogP contribution < -0.4 is 5.32 Å². The minimum atomic E-state index is -1.32. The van der Waals surface area contributed by atoms with Crippen LogP contribution in [0.3, 0.4) is 0 Å². The summed E-state index contributed by atoms with van der Waals surface area (Å²) in [7, 11) is 0.741. The Kier molecular flexibility index (Phi) is 13.2. The Morgan fingerprint density at radius 2 is 1.76 bits per heavy atom. The van der Waals surface area contributed by atoms with E-state index in [1.807, 2.05) is 51.1 Å². The fraction of sp³-hybridized carbons (Fsp3) is 0.458. The number of nitrogens with zero attached hydrogens (tertiary/aromatic N) is 5. The number of likely N-dealkylation sites (tertiary alicyclic amines) is 2. The second-order valence-electron chi connectivity index (χ2n) is 18.8. The SMILES string of the molecule is CN1CCC[C@@H]1c1cc2cnc(NC(=O)c3ccc(CCCC#Cc4ccc5c(c4)C(=O)N(C4CCC(=O)N(COCC[Si](C)(C)C)C4=O)C5)cc3)cc2n1C(=O)OC(C)(C)C. The van der Waals surface area contributed by atoms with Crippen molar-refractivity contribution < 1.29 is 33.4 Å². The van der Waals surface area contributed by atoms with Gasteiger partial charge in [-0.2, -0.15) is 0 Å². The molecule has 14 heteroatoms. The number of pyridine rings is 1. The molecule has 3 aliphatic rings. The first-order chi connectivity index (χ1) is 29.5. The number of aromatic nitrogens is 2. The fourth-order valence-corrected chi connectivity index (χ4v) is 8.98. The third kappa shape index (κ3) is 10.3. The lowest BCUT2D eigenvalue weighted by molar-refractivity contribution is -0.158. The van der Waals surface area contributed by atoms with E-state index in [2.05, 4.69) is 53.7 Å². The van der Waals surface area contributed by atoms with Gasteiger partial charge in [0.05, 0.1) is 11.6 Å². The summed E-state index contributed by atoms with van der Waals surface area (Å²) >= 11 is 0.